The van der Waals surface area contributed by atoms with Crippen molar-refractivity contribution in [2.24, 2.45) is 0 Å². The Balaban J connectivity index is 1.81. The molecular formula is C20H21FN6O. The third-order valence-corrected chi connectivity index (χ3v) is 4.87. The number of piperidine rings is 1. The minimum absolute atomic E-state index is 0.0935. The molecule has 0 atom stereocenters. The van der Waals surface area contributed by atoms with Gasteiger partial charge in [0.15, 0.2) is 0 Å². The lowest BCUT2D eigenvalue weighted by atomic mass is 10.1. The van der Waals surface area contributed by atoms with Gasteiger partial charge in [-0.05, 0) is 38.3 Å². The highest BCUT2D eigenvalue weighted by molar-refractivity contribution is 5.77. The van der Waals surface area contributed by atoms with E-state index in [4.69, 9.17) is 0 Å². The van der Waals surface area contributed by atoms with E-state index < -0.39 is 5.95 Å². The number of anilines is 1. The van der Waals surface area contributed by atoms with Gasteiger partial charge in [0.1, 0.15) is 11.0 Å². The topological polar surface area (TPSA) is 68.8 Å². The summed E-state index contributed by atoms with van der Waals surface area (Å²) in [4.78, 5) is 23.9. The van der Waals surface area contributed by atoms with Crippen molar-refractivity contribution in [3.8, 4) is 11.8 Å². The Morgan fingerprint density at radius 1 is 1.18 bits per heavy atom. The van der Waals surface area contributed by atoms with Crippen LogP contribution in [0.15, 0.2) is 29.2 Å². The maximum Gasteiger partial charge on any atom is 0.293 e. The van der Waals surface area contributed by atoms with Crippen LogP contribution in [0.2, 0.25) is 0 Å². The smallest absolute Gasteiger partial charge is 0.293 e. The monoisotopic (exact) mass is 380 g/mol. The number of hydrogen-bond acceptors (Lipinski definition) is 5. The first-order valence-electron chi connectivity index (χ1n) is 9.39. The standard InChI is InChI=1S/C20H21FN6O/c1-2-3-12-26-18-16(24-20(26)25-10-5-4-6-11-25)13-22-27(19(18)28)14-15-8-7-9-17(21)23-15/h7-9,13H,4-6,10-12,14H2,1H3. The molecule has 0 aliphatic carbocycles. The Morgan fingerprint density at radius 2 is 2.00 bits per heavy atom. The van der Waals surface area contributed by atoms with Crippen LogP contribution in [0.25, 0.3) is 11.0 Å². The molecule has 3 aromatic rings. The number of imidazole rings is 1. The molecule has 0 amide bonds. The zero-order valence-electron chi connectivity index (χ0n) is 15.7. The number of nitrogens with zero attached hydrogens (tertiary/aromatic N) is 6. The SMILES string of the molecule is CC#CCn1c(N2CCCCC2)nc2cnn(Cc3cccc(F)n3)c(=O)c21. The molecule has 28 heavy (non-hydrogen) atoms. The van der Waals surface area contributed by atoms with Crippen molar-refractivity contribution in [1.82, 2.24) is 24.3 Å². The largest absolute Gasteiger partial charge is 0.342 e. The summed E-state index contributed by atoms with van der Waals surface area (Å²) in [5, 5.41) is 4.22. The van der Waals surface area contributed by atoms with E-state index in [9.17, 15) is 9.18 Å². The number of halogens is 1. The normalized spacial score (nSPS) is 14.1. The molecule has 4 rings (SSSR count). The van der Waals surface area contributed by atoms with E-state index in [1.165, 1.54) is 17.2 Å². The predicted octanol–water partition coefficient (Wildman–Crippen LogP) is 2.19. The molecule has 1 aliphatic heterocycles. The molecule has 0 radical (unpaired) electrons. The highest BCUT2D eigenvalue weighted by atomic mass is 19.1. The van der Waals surface area contributed by atoms with Crippen molar-refractivity contribution in [3.05, 3.63) is 46.4 Å². The van der Waals surface area contributed by atoms with Gasteiger partial charge in [0.25, 0.3) is 5.56 Å². The number of fused-ring (bicyclic) bond motifs is 1. The van der Waals surface area contributed by atoms with E-state index in [0.717, 1.165) is 31.9 Å². The number of aromatic nitrogens is 5. The molecule has 0 bridgehead atoms. The molecule has 0 unspecified atom stereocenters. The van der Waals surface area contributed by atoms with E-state index in [-0.39, 0.29) is 12.1 Å². The average Bonchev–Trinajstić information content (AvgIpc) is 3.08. The van der Waals surface area contributed by atoms with Crippen molar-refractivity contribution >= 4 is 17.0 Å². The molecule has 1 saturated heterocycles. The zero-order valence-corrected chi connectivity index (χ0v) is 15.7. The molecular weight excluding hydrogens is 359 g/mol. The Morgan fingerprint density at radius 3 is 2.75 bits per heavy atom. The van der Waals surface area contributed by atoms with Gasteiger partial charge in [-0.1, -0.05) is 12.0 Å². The molecule has 7 nitrogen and oxygen atoms in total. The molecule has 1 aliphatic rings. The van der Waals surface area contributed by atoms with Gasteiger partial charge in [-0.2, -0.15) is 9.49 Å². The predicted molar refractivity (Wildman–Crippen MR) is 105 cm³/mol. The summed E-state index contributed by atoms with van der Waals surface area (Å²) in [6, 6.07) is 4.50. The Hall–Kier alpha value is -3.21. The molecule has 4 heterocycles. The fourth-order valence-corrected chi connectivity index (χ4v) is 3.52. The maximum atomic E-state index is 13.4. The van der Waals surface area contributed by atoms with Crippen LogP contribution in [-0.2, 0) is 13.1 Å². The highest BCUT2D eigenvalue weighted by Crippen LogP contribution is 2.23. The number of rotatable bonds is 4. The van der Waals surface area contributed by atoms with Gasteiger partial charge in [0.05, 0.1) is 25.0 Å². The Kier molecular flexibility index (Phi) is 5.06. The van der Waals surface area contributed by atoms with Crippen LogP contribution in [-0.4, -0.2) is 37.4 Å². The third kappa shape index (κ3) is 3.48. The van der Waals surface area contributed by atoms with E-state index in [2.05, 4.69) is 31.8 Å². The van der Waals surface area contributed by atoms with Gasteiger partial charge in [-0.15, -0.1) is 5.92 Å². The Labute approximate surface area is 161 Å². The summed E-state index contributed by atoms with van der Waals surface area (Å²) >= 11 is 0. The van der Waals surface area contributed by atoms with Gasteiger partial charge in [0.2, 0.25) is 11.9 Å². The minimum atomic E-state index is -0.581. The van der Waals surface area contributed by atoms with Gasteiger partial charge < -0.3 is 4.90 Å². The van der Waals surface area contributed by atoms with Gasteiger partial charge in [-0.25, -0.2) is 14.6 Å². The fraction of sp³-hybridized carbons (Fsp3) is 0.400. The molecule has 144 valence electrons. The van der Waals surface area contributed by atoms with Crippen LogP contribution >= 0.6 is 0 Å². The summed E-state index contributed by atoms with van der Waals surface area (Å²) in [5.74, 6) is 6.11. The number of pyridine rings is 1. The first-order chi connectivity index (χ1) is 13.7. The second-order valence-corrected chi connectivity index (χ2v) is 6.77. The Bertz CT molecular complexity index is 1120. The van der Waals surface area contributed by atoms with Gasteiger partial charge >= 0.3 is 0 Å². The zero-order chi connectivity index (χ0) is 19.5. The second kappa shape index (κ2) is 7.80. The first kappa shape index (κ1) is 18.2. The lowest BCUT2D eigenvalue weighted by Gasteiger charge is -2.27. The van der Waals surface area contributed by atoms with Crippen molar-refractivity contribution in [1.29, 1.82) is 0 Å². The lowest BCUT2D eigenvalue weighted by Crippen LogP contribution is -2.32. The lowest BCUT2D eigenvalue weighted by molar-refractivity contribution is 0.559. The van der Waals surface area contributed by atoms with Crippen LogP contribution < -0.4 is 10.5 Å². The van der Waals surface area contributed by atoms with Crippen molar-refractivity contribution in [2.75, 3.05) is 18.0 Å². The fourth-order valence-electron chi connectivity index (χ4n) is 3.52. The van der Waals surface area contributed by atoms with E-state index in [1.807, 2.05) is 4.57 Å². The molecule has 3 aromatic heterocycles. The van der Waals surface area contributed by atoms with Gasteiger partial charge in [-0.3, -0.25) is 9.36 Å². The highest BCUT2D eigenvalue weighted by Gasteiger charge is 2.21. The molecule has 1 fully saturated rings. The van der Waals surface area contributed by atoms with Crippen LogP contribution in [0.1, 0.15) is 31.9 Å². The third-order valence-electron chi connectivity index (χ3n) is 4.87. The van der Waals surface area contributed by atoms with Crippen molar-refractivity contribution in [2.45, 2.75) is 39.3 Å². The quantitative estimate of drug-likeness (QED) is 0.513. The molecule has 0 saturated carbocycles. The molecule has 8 heteroatoms. The second-order valence-electron chi connectivity index (χ2n) is 6.77. The average molecular weight is 380 g/mol. The maximum absolute atomic E-state index is 13.4. The first-order valence-corrected chi connectivity index (χ1v) is 9.39. The van der Waals surface area contributed by atoms with E-state index in [1.54, 1.807) is 25.3 Å². The summed E-state index contributed by atoms with van der Waals surface area (Å²) < 4.78 is 16.5. The van der Waals surface area contributed by atoms with Crippen molar-refractivity contribution in [3.63, 3.8) is 0 Å². The van der Waals surface area contributed by atoms with Crippen molar-refractivity contribution < 1.29 is 4.39 Å². The van der Waals surface area contributed by atoms with E-state index in [0.29, 0.717) is 23.3 Å². The molecule has 0 aromatic carbocycles. The van der Waals surface area contributed by atoms with Crippen LogP contribution in [0, 0.1) is 17.8 Å². The summed E-state index contributed by atoms with van der Waals surface area (Å²) in [6.45, 7) is 4.08. The van der Waals surface area contributed by atoms with Gasteiger partial charge in [0, 0.05) is 13.1 Å². The van der Waals surface area contributed by atoms with Crippen LogP contribution in [0.4, 0.5) is 10.3 Å². The summed E-state index contributed by atoms with van der Waals surface area (Å²) in [6.07, 6.45) is 5.01. The number of hydrogen-bond donors (Lipinski definition) is 0. The van der Waals surface area contributed by atoms with E-state index >= 15 is 0 Å². The van der Waals surface area contributed by atoms with Crippen LogP contribution in [0.5, 0.6) is 0 Å². The summed E-state index contributed by atoms with van der Waals surface area (Å²) in [5.41, 5.74) is 1.17. The van der Waals surface area contributed by atoms with Crippen LogP contribution in [0.3, 0.4) is 0 Å². The minimum Gasteiger partial charge on any atom is -0.342 e. The summed E-state index contributed by atoms with van der Waals surface area (Å²) in [7, 11) is 0. The molecule has 0 spiro atoms. The molecule has 0 N–H and O–H groups in total.